The number of nitrogens with zero attached hydrogens (tertiary/aromatic N) is 1. The molecule has 0 aliphatic carbocycles. The topological polar surface area (TPSA) is 66.5 Å². The first-order valence-electron chi connectivity index (χ1n) is 8.18. The summed E-state index contributed by atoms with van der Waals surface area (Å²) in [6.45, 7) is 0.423. The Hall–Kier alpha value is -1.96. The van der Waals surface area contributed by atoms with E-state index in [1.54, 1.807) is 24.3 Å². The molecule has 1 heterocycles. The standard InChI is InChI=1S/C18H18ClFN2O3S/c19-14-4-1-5-16(11-14)21-18(23)13-3-2-10-22(12-13)26(24,25)17-8-6-15(20)7-9-17/h1,4-9,11,13H,2-3,10,12H2,(H,21,23)/t13-/m0/s1. The van der Waals surface area contributed by atoms with Crippen molar-refractivity contribution in [1.29, 1.82) is 0 Å². The Morgan fingerprint density at radius 2 is 1.92 bits per heavy atom. The maximum absolute atomic E-state index is 13.0. The molecule has 0 unspecified atom stereocenters. The summed E-state index contributed by atoms with van der Waals surface area (Å²) in [4.78, 5) is 12.5. The third kappa shape index (κ3) is 4.23. The van der Waals surface area contributed by atoms with Crippen LogP contribution in [0.4, 0.5) is 10.1 Å². The van der Waals surface area contributed by atoms with Gasteiger partial charge < -0.3 is 5.32 Å². The summed E-state index contributed by atoms with van der Waals surface area (Å²) >= 11 is 5.91. The van der Waals surface area contributed by atoms with Crippen LogP contribution in [-0.4, -0.2) is 31.7 Å². The van der Waals surface area contributed by atoms with Gasteiger partial charge in [0.15, 0.2) is 0 Å². The van der Waals surface area contributed by atoms with Crippen LogP contribution in [0.1, 0.15) is 12.8 Å². The van der Waals surface area contributed by atoms with Crippen molar-refractivity contribution in [2.24, 2.45) is 5.92 Å². The minimum atomic E-state index is -3.76. The highest BCUT2D eigenvalue weighted by Gasteiger charge is 2.33. The molecule has 8 heteroatoms. The van der Waals surface area contributed by atoms with Gasteiger partial charge in [-0.1, -0.05) is 17.7 Å². The molecular weight excluding hydrogens is 379 g/mol. The van der Waals surface area contributed by atoms with Crippen molar-refractivity contribution in [1.82, 2.24) is 4.31 Å². The highest BCUT2D eigenvalue weighted by molar-refractivity contribution is 7.89. The summed E-state index contributed by atoms with van der Waals surface area (Å²) in [7, 11) is -3.76. The fraction of sp³-hybridized carbons (Fsp3) is 0.278. The number of sulfonamides is 1. The Balaban J connectivity index is 1.72. The number of carbonyl (C=O) groups excluding carboxylic acids is 1. The van der Waals surface area contributed by atoms with Crippen molar-refractivity contribution in [3.8, 4) is 0 Å². The monoisotopic (exact) mass is 396 g/mol. The van der Waals surface area contributed by atoms with Crippen LogP contribution >= 0.6 is 11.6 Å². The Labute approximate surface area is 156 Å². The van der Waals surface area contributed by atoms with E-state index in [1.807, 2.05) is 0 Å². The first-order chi connectivity index (χ1) is 12.4. The number of hydrogen-bond donors (Lipinski definition) is 1. The molecule has 1 saturated heterocycles. The number of piperidine rings is 1. The first-order valence-corrected chi connectivity index (χ1v) is 10.0. The lowest BCUT2D eigenvalue weighted by atomic mass is 9.99. The molecule has 1 amide bonds. The van der Waals surface area contributed by atoms with E-state index in [4.69, 9.17) is 11.6 Å². The number of carbonyl (C=O) groups is 1. The summed E-state index contributed by atoms with van der Waals surface area (Å²) < 4.78 is 39.8. The Kier molecular flexibility index (Phi) is 5.60. The fourth-order valence-corrected chi connectivity index (χ4v) is 4.66. The van der Waals surface area contributed by atoms with Crippen LogP contribution in [0.3, 0.4) is 0 Å². The maximum atomic E-state index is 13.0. The minimum Gasteiger partial charge on any atom is -0.326 e. The fourth-order valence-electron chi connectivity index (χ4n) is 2.94. The normalized spacial score (nSPS) is 18.5. The quantitative estimate of drug-likeness (QED) is 0.859. The molecule has 2 aromatic rings. The smallest absolute Gasteiger partial charge is 0.243 e. The van der Waals surface area contributed by atoms with Gasteiger partial charge in [0.05, 0.1) is 10.8 Å². The molecule has 1 aliphatic rings. The van der Waals surface area contributed by atoms with Gasteiger partial charge in [0, 0.05) is 23.8 Å². The van der Waals surface area contributed by atoms with Crippen LogP contribution in [0, 0.1) is 11.7 Å². The summed E-state index contributed by atoms with van der Waals surface area (Å²) in [5.41, 5.74) is 0.570. The van der Waals surface area contributed by atoms with Gasteiger partial charge in [-0.25, -0.2) is 12.8 Å². The van der Waals surface area contributed by atoms with Gasteiger partial charge in [-0.2, -0.15) is 4.31 Å². The molecule has 1 fully saturated rings. The van der Waals surface area contributed by atoms with Crippen molar-refractivity contribution < 1.29 is 17.6 Å². The molecule has 0 aromatic heterocycles. The van der Waals surface area contributed by atoms with E-state index in [0.717, 1.165) is 12.1 Å². The summed E-state index contributed by atoms with van der Waals surface area (Å²) in [5, 5.41) is 3.28. The van der Waals surface area contributed by atoms with Gasteiger partial charge in [0.2, 0.25) is 15.9 Å². The van der Waals surface area contributed by atoms with Crippen molar-refractivity contribution in [3.63, 3.8) is 0 Å². The van der Waals surface area contributed by atoms with Crippen molar-refractivity contribution in [2.75, 3.05) is 18.4 Å². The van der Waals surface area contributed by atoms with Crippen LogP contribution in [-0.2, 0) is 14.8 Å². The predicted molar refractivity (Wildman–Crippen MR) is 98.0 cm³/mol. The Bertz CT molecular complexity index is 903. The zero-order valence-electron chi connectivity index (χ0n) is 13.9. The van der Waals surface area contributed by atoms with Crippen LogP contribution in [0.2, 0.25) is 5.02 Å². The molecule has 26 heavy (non-hydrogen) atoms. The molecule has 2 aromatic carbocycles. The second-order valence-electron chi connectivity index (χ2n) is 6.16. The Morgan fingerprint density at radius 3 is 2.62 bits per heavy atom. The van der Waals surface area contributed by atoms with Crippen LogP contribution in [0.5, 0.6) is 0 Å². The number of hydrogen-bond acceptors (Lipinski definition) is 3. The number of benzene rings is 2. The lowest BCUT2D eigenvalue weighted by molar-refractivity contribution is -0.120. The van der Waals surface area contributed by atoms with Gasteiger partial charge in [-0.3, -0.25) is 4.79 Å². The lowest BCUT2D eigenvalue weighted by Gasteiger charge is -2.31. The molecule has 1 aliphatic heterocycles. The van der Waals surface area contributed by atoms with E-state index in [2.05, 4.69) is 5.32 Å². The van der Waals surface area contributed by atoms with Gasteiger partial charge >= 0.3 is 0 Å². The number of rotatable bonds is 4. The average molecular weight is 397 g/mol. The third-order valence-corrected chi connectivity index (χ3v) is 6.41. The zero-order chi connectivity index (χ0) is 18.7. The molecule has 5 nitrogen and oxygen atoms in total. The van der Waals surface area contributed by atoms with Gasteiger partial charge in [-0.05, 0) is 55.3 Å². The van der Waals surface area contributed by atoms with Gasteiger partial charge in [-0.15, -0.1) is 0 Å². The van der Waals surface area contributed by atoms with E-state index in [1.165, 1.54) is 16.4 Å². The maximum Gasteiger partial charge on any atom is 0.243 e. The minimum absolute atomic E-state index is 0.0230. The molecule has 1 atom stereocenters. The second kappa shape index (κ2) is 7.73. The van der Waals surface area contributed by atoms with Gasteiger partial charge in [0.1, 0.15) is 5.82 Å². The highest BCUT2D eigenvalue weighted by Crippen LogP contribution is 2.25. The zero-order valence-corrected chi connectivity index (χ0v) is 15.4. The van der Waals surface area contributed by atoms with E-state index in [9.17, 15) is 17.6 Å². The largest absolute Gasteiger partial charge is 0.326 e. The van der Waals surface area contributed by atoms with E-state index in [-0.39, 0.29) is 17.3 Å². The van der Waals surface area contributed by atoms with E-state index >= 15 is 0 Å². The molecular formula is C18H18ClFN2O3S. The van der Waals surface area contributed by atoms with Crippen molar-refractivity contribution in [3.05, 3.63) is 59.4 Å². The van der Waals surface area contributed by atoms with Gasteiger partial charge in [0.25, 0.3) is 0 Å². The highest BCUT2D eigenvalue weighted by atomic mass is 35.5. The van der Waals surface area contributed by atoms with Crippen LogP contribution in [0.25, 0.3) is 0 Å². The molecule has 0 saturated carbocycles. The Morgan fingerprint density at radius 1 is 1.19 bits per heavy atom. The number of halogens is 2. The third-order valence-electron chi connectivity index (χ3n) is 4.30. The molecule has 1 N–H and O–H groups in total. The first kappa shape index (κ1) is 18.8. The average Bonchev–Trinajstić information content (AvgIpc) is 2.62. The van der Waals surface area contributed by atoms with E-state index in [0.29, 0.717) is 30.1 Å². The molecule has 0 radical (unpaired) electrons. The van der Waals surface area contributed by atoms with E-state index < -0.39 is 21.8 Å². The van der Waals surface area contributed by atoms with Crippen LogP contribution < -0.4 is 5.32 Å². The number of nitrogens with one attached hydrogen (secondary N) is 1. The summed E-state index contributed by atoms with van der Waals surface area (Å²) in [5.74, 6) is -1.20. The van der Waals surface area contributed by atoms with Crippen LogP contribution in [0.15, 0.2) is 53.4 Å². The van der Waals surface area contributed by atoms with Crippen molar-refractivity contribution in [2.45, 2.75) is 17.7 Å². The lowest BCUT2D eigenvalue weighted by Crippen LogP contribution is -2.43. The molecule has 138 valence electrons. The van der Waals surface area contributed by atoms with Crippen molar-refractivity contribution >= 4 is 33.2 Å². The molecule has 3 rings (SSSR count). The molecule has 0 bridgehead atoms. The molecule has 0 spiro atoms. The predicted octanol–water partition coefficient (Wildman–Crippen LogP) is 3.52. The summed E-state index contributed by atoms with van der Waals surface area (Å²) in [6.07, 6.45) is 1.18. The SMILES string of the molecule is O=C(Nc1cccc(Cl)c1)[C@H]1CCCN(S(=O)(=O)c2ccc(F)cc2)C1. The second-order valence-corrected chi connectivity index (χ2v) is 8.53. The number of amides is 1. The summed E-state index contributed by atoms with van der Waals surface area (Å²) in [6, 6.07) is 11.5. The number of anilines is 1.